The highest BCUT2D eigenvalue weighted by Crippen LogP contribution is 2.48. The highest BCUT2D eigenvalue weighted by molar-refractivity contribution is 5.73. The van der Waals surface area contributed by atoms with Gasteiger partial charge in [-0.3, -0.25) is 9.59 Å². The second-order valence-corrected chi connectivity index (χ2v) is 4.92. The molecule has 1 saturated carbocycles. The third kappa shape index (κ3) is 2.06. The monoisotopic (exact) mass is 226 g/mol. The van der Waals surface area contributed by atoms with E-state index >= 15 is 0 Å². The van der Waals surface area contributed by atoms with Crippen LogP contribution in [0.2, 0.25) is 0 Å². The molecule has 0 aromatic heterocycles. The molecule has 2 fully saturated rings. The van der Waals surface area contributed by atoms with Crippen molar-refractivity contribution in [3.8, 4) is 0 Å². The summed E-state index contributed by atoms with van der Waals surface area (Å²) in [5.74, 6) is -0.0393. The summed E-state index contributed by atoms with van der Waals surface area (Å²) in [6.45, 7) is 0.494. The Hall–Kier alpha value is -1.06. The molecular formula is C12H18O4. The predicted octanol–water partition coefficient (Wildman–Crippen LogP) is 1.67. The molecule has 1 saturated heterocycles. The molecule has 16 heavy (non-hydrogen) atoms. The average Bonchev–Trinajstić information content (AvgIpc) is 2.64. The van der Waals surface area contributed by atoms with Crippen LogP contribution in [0.15, 0.2) is 0 Å². The number of esters is 2. The fraction of sp³-hybridized carbons (Fsp3) is 0.833. The SMILES string of the molecule is COC(=O)C[C@H]1CCCCC12COC(=O)C2. The molecule has 1 unspecified atom stereocenters. The van der Waals surface area contributed by atoms with Gasteiger partial charge in [0.2, 0.25) is 0 Å². The number of methoxy groups -OCH3 is 1. The number of carbonyl (C=O) groups is 2. The Morgan fingerprint density at radius 2 is 2.38 bits per heavy atom. The van der Waals surface area contributed by atoms with Crippen molar-refractivity contribution in [2.24, 2.45) is 11.3 Å². The fourth-order valence-electron chi connectivity index (χ4n) is 3.02. The first kappa shape index (κ1) is 11.4. The van der Waals surface area contributed by atoms with E-state index in [1.165, 1.54) is 7.11 Å². The van der Waals surface area contributed by atoms with E-state index in [-0.39, 0.29) is 23.3 Å². The van der Waals surface area contributed by atoms with Crippen LogP contribution in [0.5, 0.6) is 0 Å². The van der Waals surface area contributed by atoms with Crippen LogP contribution >= 0.6 is 0 Å². The summed E-state index contributed by atoms with van der Waals surface area (Å²) in [5.41, 5.74) is -0.0798. The molecule has 1 spiro atoms. The standard InChI is InChI=1S/C12H18O4/c1-15-10(13)6-9-4-2-3-5-12(9)7-11(14)16-8-12/h9H,2-8H2,1H3/t9-,12?/m1/s1. The van der Waals surface area contributed by atoms with Gasteiger partial charge >= 0.3 is 11.9 Å². The summed E-state index contributed by atoms with van der Waals surface area (Å²) in [6.07, 6.45) is 5.18. The minimum Gasteiger partial charge on any atom is -0.469 e. The van der Waals surface area contributed by atoms with E-state index in [4.69, 9.17) is 9.47 Å². The first-order valence-electron chi connectivity index (χ1n) is 5.89. The third-order valence-electron chi connectivity index (χ3n) is 4.00. The predicted molar refractivity (Wildman–Crippen MR) is 56.6 cm³/mol. The molecule has 2 aliphatic rings. The van der Waals surface area contributed by atoms with Crippen LogP contribution in [-0.2, 0) is 19.1 Å². The summed E-state index contributed by atoms with van der Waals surface area (Å²) < 4.78 is 9.82. The van der Waals surface area contributed by atoms with E-state index in [0.717, 1.165) is 25.7 Å². The molecule has 0 N–H and O–H groups in total. The first-order valence-corrected chi connectivity index (χ1v) is 5.89. The Morgan fingerprint density at radius 3 is 3.00 bits per heavy atom. The Labute approximate surface area is 95.3 Å². The van der Waals surface area contributed by atoms with Gasteiger partial charge in [0, 0.05) is 11.8 Å². The van der Waals surface area contributed by atoms with E-state index in [0.29, 0.717) is 19.4 Å². The highest BCUT2D eigenvalue weighted by atomic mass is 16.5. The van der Waals surface area contributed by atoms with Gasteiger partial charge in [0.1, 0.15) is 0 Å². The zero-order valence-electron chi connectivity index (χ0n) is 9.66. The fourth-order valence-corrected chi connectivity index (χ4v) is 3.02. The van der Waals surface area contributed by atoms with Crippen LogP contribution in [0.3, 0.4) is 0 Å². The molecule has 1 heterocycles. The average molecular weight is 226 g/mol. The molecule has 4 heteroatoms. The van der Waals surface area contributed by atoms with Crippen LogP contribution in [0.4, 0.5) is 0 Å². The van der Waals surface area contributed by atoms with Crippen LogP contribution in [-0.4, -0.2) is 25.7 Å². The molecule has 0 aromatic rings. The van der Waals surface area contributed by atoms with Crippen molar-refractivity contribution >= 4 is 11.9 Å². The minimum atomic E-state index is -0.175. The van der Waals surface area contributed by atoms with E-state index < -0.39 is 0 Å². The summed E-state index contributed by atoms with van der Waals surface area (Å²) in [5, 5.41) is 0. The molecule has 0 bridgehead atoms. The number of hydrogen-bond acceptors (Lipinski definition) is 4. The molecule has 0 amide bonds. The van der Waals surface area contributed by atoms with Gasteiger partial charge in [-0.1, -0.05) is 12.8 Å². The number of carbonyl (C=O) groups excluding carboxylic acids is 2. The van der Waals surface area contributed by atoms with Crippen molar-refractivity contribution in [3.63, 3.8) is 0 Å². The zero-order chi connectivity index (χ0) is 11.6. The molecule has 2 atom stereocenters. The van der Waals surface area contributed by atoms with Crippen molar-refractivity contribution < 1.29 is 19.1 Å². The van der Waals surface area contributed by atoms with Gasteiger partial charge in [0.15, 0.2) is 0 Å². The molecule has 0 aromatic carbocycles. The van der Waals surface area contributed by atoms with Gasteiger partial charge in [0.05, 0.1) is 20.1 Å². The molecule has 1 aliphatic carbocycles. The molecular weight excluding hydrogens is 208 g/mol. The van der Waals surface area contributed by atoms with Crippen molar-refractivity contribution in [1.29, 1.82) is 0 Å². The van der Waals surface area contributed by atoms with Crippen molar-refractivity contribution in [1.82, 2.24) is 0 Å². The smallest absolute Gasteiger partial charge is 0.306 e. The van der Waals surface area contributed by atoms with Gasteiger partial charge in [-0.05, 0) is 18.8 Å². The van der Waals surface area contributed by atoms with Gasteiger partial charge < -0.3 is 9.47 Å². The maximum absolute atomic E-state index is 11.4. The number of ether oxygens (including phenoxy) is 2. The lowest BCUT2D eigenvalue weighted by molar-refractivity contribution is -0.143. The van der Waals surface area contributed by atoms with E-state index in [2.05, 4.69) is 0 Å². The topological polar surface area (TPSA) is 52.6 Å². The Morgan fingerprint density at radius 1 is 1.56 bits per heavy atom. The van der Waals surface area contributed by atoms with E-state index in [1.54, 1.807) is 0 Å². The largest absolute Gasteiger partial charge is 0.469 e. The molecule has 4 nitrogen and oxygen atoms in total. The van der Waals surface area contributed by atoms with Crippen molar-refractivity contribution in [2.75, 3.05) is 13.7 Å². The van der Waals surface area contributed by atoms with Crippen LogP contribution in [0, 0.1) is 11.3 Å². The van der Waals surface area contributed by atoms with Crippen molar-refractivity contribution in [3.05, 3.63) is 0 Å². The van der Waals surface area contributed by atoms with Gasteiger partial charge in [-0.15, -0.1) is 0 Å². The summed E-state index contributed by atoms with van der Waals surface area (Å²) in [6, 6.07) is 0. The quantitative estimate of drug-likeness (QED) is 0.672. The lowest BCUT2D eigenvalue weighted by Crippen LogP contribution is -2.36. The number of rotatable bonds is 2. The second-order valence-electron chi connectivity index (χ2n) is 4.92. The number of hydrogen-bond donors (Lipinski definition) is 0. The summed E-state index contributed by atoms with van der Waals surface area (Å²) in [7, 11) is 1.41. The van der Waals surface area contributed by atoms with E-state index in [1.807, 2.05) is 0 Å². The van der Waals surface area contributed by atoms with Gasteiger partial charge in [0.25, 0.3) is 0 Å². The normalized spacial score (nSPS) is 33.8. The third-order valence-corrected chi connectivity index (χ3v) is 4.00. The molecule has 1 aliphatic heterocycles. The molecule has 0 radical (unpaired) electrons. The van der Waals surface area contributed by atoms with Crippen LogP contribution < -0.4 is 0 Å². The maximum atomic E-state index is 11.4. The highest BCUT2D eigenvalue weighted by Gasteiger charge is 2.48. The number of cyclic esters (lactones) is 1. The zero-order valence-corrected chi connectivity index (χ0v) is 9.66. The summed E-state index contributed by atoms with van der Waals surface area (Å²) in [4.78, 5) is 22.6. The van der Waals surface area contributed by atoms with Crippen LogP contribution in [0.1, 0.15) is 38.5 Å². The van der Waals surface area contributed by atoms with Gasteiger partial charge in [-0.2, -0.15) is 0 Å². The maximum Gasteiger partial charge on any atom is 0.306 e. The first-order chi connectivity index (χ1) is 7.66. The lowest BCUT2D eigenvalue weighted by Gasteiger charge is -2.38. The van der Waals surface area contributed by atoms with Gasteiger partial charge in [-0.25, -0.2) is 0 Å². The van der Waals surface area contributed by atoms with Crippen LogP contribution in [0.25, 0.3) is 0 Å². The molecule has 90 valence electrons. The Kier molecular flexibility index (Phi) is 3.17. The Balaban J connectivity index is 2.08. The second kappa shape index (κ2) is 4.44. The Bertz CT molecular complexity index is 299. The van der Waals surface area contributed by atoms with Crippen molar-refractivity contribution in [2.45, 2.75) is 38.5 Å². The lowest BCUT2D eigenvalue weighted by atomic mass is 9.64. The minimum absolute atomic E-state index is 0.0798. The molecule has 2 rings (SSSR count). The summed E-state index contributed by atoms with van der Waals surface area (Å²) >= 11 is 0. The van der Waals surface area contributed by atoms with E-state index in [9.17, 15) is 9.59 Å².